The third kappa shape index (κ3) is 3.85. The van der Waals surface area contributed by atoms with Crippen LogP contribution in [-0.4, -0.2) is 6.54 Å². The molecule has 0 amide bonds. The number of nitrogens with one attached hydrogen (secondary N) is 1. The fraction of sp³-hybridized carbons (Fsp3) is 0.625. The molecule has 0 heterocycles. The van der Waals surface area contributed by atoms with E-state index in [1.807, 2.05) is 0 Å². The monoisotopic (exact) mass is 233 g/mol. The van der Waals surface area contributed by atoms with Gasteiger partial charge in [0.2, 0.25) is 0 Å². The van der Waals surface area contributed by atoms with Crippen molar-refractivity contribution in [1.29, 1.82) is 0 Å². The molecule has 0 saturated heterocycles. The highest BCUT2D eigenvalue weighted by Gasteiger charge is 2.20. The molecule has 1 N–H and O–H groups in total. The second kappa shape index (κ2) is 6.80. The minimum atomic E-state index is 0.478. The highest BCUT2D eigenvalue weighted by atomic mass is 14.9. The Kier molecular flexibility index (Phi) is 5.70. The van der Waals surface area contributed by atoms with Crippen molar-refractivity contribution in [3.63, 3.8) is 0 Å². The molecule has 1 rings (SSSR count). The van der Waals surface area contributed by atoms with Gasteiger partial charge in [0.15, 0.2) is 0 Å². The van der Waals surface area contributed by atoms with Gasteiger partial charge in [-0.15, -0.1) is 0 Å². The number of benzene rings is 1. The molecule has 96 valence electrons. The lowest BCUT2D eigenvalue weighted by atomic mass is 9.85. The van der Waals surface area contributed by atoms with E-state index in [1.165, 1.54) is 11.1 Å². The molecule has 0 radical (unpaired) electrons. The van der Waals surface area contributed by atoms with Crippen LogP contribution in [0.4, 0.5) is 0 Å². The summed E-state index contributed by atoms with van der Waals surface area (Å²) >= 11 is 0. The summed E-state index contributed by atoms with van der Waals surface area (Å²) in [5.74, 6) is 1.35. The van der Waals surface area contributed by atoms with E-state index < -0.39 is 0 Å². The molecule has 0 bridgehead atoms. The van der Waals surface area contributed by atoms with E-state index in [2.05, 4.69) is 64.2 Å². The van der Waals surface area contributed by atoms with Crippen molar-refractivity contribution in [2.45, 2.75) is 47.1 Å². The predicted molar refractivity (Wildman–Crippen MR) is 76.2 cm³/mol. The largest absolute Gasteiger partial charge is 0.310 e. The fourth-order valence-electron chi connectivity index (χ4n) is 2.22. The molecule has 1 aromatic carbocycles. The van der Waals surface area contributed by atoms with Crippen LogP contribution in [0.25, 0.3) is 0 Å². The lowest BCUT2D eigenvalue weighted by molar-refractivity contribution is 0.307. The van der Waals surface area contributed by atoms with E-state index >= 15 is 0 Å². The van der Waals surface area contributed by atoms with Crippen molar-refractivity contribution >= 4 is 0 Å². The van der Waals surface area contributed by atoms with Gasteiger partial charge >= 0.3 is 0 Å². The topological polar surface area (TPSA) is 12.0 Å². The second-order valence-corrected chi connectivity index (χ2v) is 5.24. The summed E-state index contributed by atoms with van der Waals surface area (Å²) in [6.07, 6.45) is 1.11. The first-order valence-electron chi connectivity index (χ1n) is 6.92. The van der Waals surface area contributed by atoms with E-state index in [9.17, 15) is 0 Å². The average molecular weight is 233 g/mol. The van der Waals surface area contributed by atoms with E-state index in [4.69, 9.17) is 0 Å². The normalized spacial score (nSPS) is 14.9. The van der Waals surface area contributed by atoms with Crippen LogP contribution in [0, 0.1) is 11.8 Å². The zero-order valence-corrected chi connectivity index (χ0v) is 12.0. The van der Waals surface area contributed by atoms with Crippen molar-refractivity contribution in [3.8, 4) is 0 Å². The van der Waals surface area contributed by atoms with Crippen LogP contribution >= 0.6 is 0 Å². The van der Waals surface area contributed by atoms with E-state index in [1.54, 1.807) is 0 Å². The van der Waals surface area contributed by atoms with Gasteiger partial charge in [0, 0.05) is 6.04 Å². The highest BCUT2D eigenvalue weighted by molar-refractivity contribution is 5.26. The van der Waals surface area contributed by atoms with Crippen LogP contribution in [0.1, 0.15) is 51.8 Å². The zero-order chi connectivity index (χ0) is 12.8. The third-order valence-corrected chi connectivity index (χ3v) is 3.72. The summed E-state index contributed by atoms with van der Waals surface area (Å²) in [5, 5.41) is 3.63. The zero-order valence-electron chi connectivity index (χ0n) is 12.0. The van der Waals surface area contributed by atoms with Gasteiger partial charge in [-0.3, -0.25) is 0 Å². The minimum Gasteiger partial charge on any atom is -0.310 e. The molecule has 0 aliphatic rings. The smallest absolute Gasteiger partial charge is 0.0348 e. The van der Waals surface area contributed by atoms with Crippen LogP contribution in [0.3, 0.4) is 0 Å². The van der Waals surface area contributed by atoms with Crippen molar-refractivity contribution in [1.82, 2.24) is 5.32 Å². The molecule has 1 nitrogen and oxygen atoms in total. The highest BCUT2D eigenvalue weighted by Crippen LogP contribution is 2.28. The molecule has 17 heavy (non-hydrogen) atoms. The van der Waals surface area contributed by atoms with Gasteiger partial charge in [-0.05, 0) is 35.9 Å². The van der Waals surface area contributed by atoms with Crippen molar-refractivity contribution in [2.24, 2.45) is 11.8 Å². The molecule has 0 aliphatic carbocycles. The Morgan fingerprint density at radius 1 is 1.12 bits per heavy atom. The number of rotatable bonds is 6. The fourth-order valence-corrected chi connectivity index (χ4v) is 2.22. The Balaban J connectivity index is 2.95. The van der Waals surface area contributed by atoms with Gasteiger partial charge in [-0.2, -0.15) is 0 Å². The maximum Gasteiger partial charge on any atom is 0.0348 e. The molecule has 0 spiro atoms. The molecule has 0 saturated carbocycles. The number of hydrogen-bond donors (Lipinski definition) is 1. The maximum atomic E-state index is 3.63. The van der Waals surface area contributed by atoms with E-state index in [0.717, 1.165) is 13.0 Å². The standard InChI is InChI=1S/C16H27N/c1-6-14-9-8-10-15(11-14)16(17-7-2)13(5)12(3)4/h8-13,16-17H,6-7H2,1-5H3. The first kappa shape index (κ1) is 14.2. The number of hydrogen-bond acceptors (Lipinski definition) is 1. The van der Waals surface area contributed by atoms with Crippen molar-refractivity contribution in [2.75, 3.05) is 6.54 Å². The first-order valence-corrected chi connectivity index (χ1v) is 6.92. The average Bonchev–Trinajstić information content (AvgIpc) is 2.35. The Hall–Kier alpha value is -0.820. The van der Waals surface area contributed by atoms with Gasteiger partial charge in [0.25, 0.3) is 0 Å². The summed E-state index contributed by atoms with van der Waals surface area (Å²) in [6.45, 7) is 12.4. The number of aryl methyl sites for hydroxylation is 1. The maximum absolute atomic E-state index is 3.63. The van der Waals surface area contributed by atoms with Crippen LogP contribution in [-0.2, 0) is 6.42 Å². The van der Waals surface area contributed by atoms with Crippen LogP contribution in [0.5, 0.6) is 0 Å². The summed E-state index contributed by atoms with van der Waals surface area (Å²) in [5.41, 5.74) is 2.87. The van der Waals surface area contributed by atoms with Gasteiger partial charge in [-0.1, -0.05) is 58.9 Å². The molecule has 2 atom stereocenters. The van der Waals surface area contributed by atoms with Gasteiger partial charge < -0.3 is 5.32 Å². The summed E-state index contributed by atoms with van der Waals surface area (Å²) in [6, 6.07) is 9.49. The Bertz CT molecular complexity index is 330. The first-order chi connectivity index (χ1) is 8.10. The molecular weight excluding hydrogens is 206 g/mol. The van der Waals surface area contributed by atoms with Crippen LogP contribution in [0.2, 0.25) is 0 Å². The molecule has 0 aromatic heterocycles. The second-order valence-electron chi connectivity index (χ2n) is 5.24. The quantitative estimate of drug-likeness (QED) is 0.777. The lowest BCUT2D eigenvalue weighted by Crippen LogP contribution is -2.29. The Morgan fingerprint density at radius 3 is 2.35 bits per heavy atom. The molecule has 1 heteroatoms. The van der Waals surface area contributed by atoms with Crippen LogP contribution < -0.4 is 5.32 Å². The lowest BCUT2D eigenvalue weighted by Gasteiger charge is -2.28. The minimum absolute atomic E-state index is 0.478. The van der Waals surface area contributed by atoms with Crippen molar-refractivity contribution in [3.05, 3.63) is 35.4 Å². The summed E-state index contributed by atoms with van der Waals surface area (Å²) < 4.78 is 0. The molecular formula is C16H27N. The van der Waals surface area contributed by atoms with Crippen molar-refractivity contribution < 1.29 is 0 Å². The van der Waals surface area contributed by atoms with E-state index in [-0.39, 0.29) is 0 Å². The van der Waals surface area contributed by atoms with Gasteiger partial charge in [-0.25, -0.2) is 0 Å². The summed E-state index contributed by atoms with van der Waals surface area (Å²) in [4.78, 5) is 0. The molecule has 0 fully saturated rings. The van der Waals surface area contributed by atoms with Gasteiger partial charge in [0.05, 0.1) is 0 Å². The van der Waals surface area contributed by atoms with E-state index in [0.29, 0.717) is 17.9 Å². The third-order valence-electron chi connectivity index (χ3n) is 3.72. The predicted octanol–water partition coefficient (Wildman–Crippen LogP) is 4.19. The van der Waals surface area contributed by atoms with Gasteiger partial charge in [0.1, 0.15) is 0 Å². The Labute approximate surface area is 107 Å². The summed E-state index contributed by atoms with van der Waals surface area (Å²) in [7, 11) is 0. The Morgan fingerprint density at radius 2 is 1.82 bits per heavy atom. The molecule has 0 aliphatic heterocycles. The molecule has 2 unspecified atom stereocenters. The molecule has 1 aromatic rings. The van der Waals surface area contributed by atoms with Crippen LogP contribution in [0.15, 0.2) is 24.3 Å². The SMILES string of the molecule is CCNC(c1cccc(CC)c1)C(C)C(C)C.